The van der Waals surface area contributed by atoms with Gasteiger partial charge in [0.15, 0.2) is 12.2 Å². The van der Waals surface area contributed by atoms with Crippen LogP contribution in [0.5, 0.6) is 0 Å². The van der Waals surface area contributed by atoms with Gasteiger partial charge in [-0.05, 0) is 50.1 Å². The van der Waals surface area contributed by atoms with Crippen LogP contribution in [-0.2, 0) is 16.6 Å². The Hall–Kier alpha value is -3.11. The smallest absolute Gasteiger partial charge is 0.258 e. The number of sulfonamides is 1. The summed E-state index contributed by atoms with van der Waals surface area (Å²) in [6.07, 6.45) is 6.74. The molecule has 10 heteroatoms. The van der Waals surface area contributed by atoms with Gasteiger partial charge in [0.25, 0.3) is 10.0 Å². The number of halogens is 2. The van der Waals surface area contributed by atoms with Crippen LogP contribution in [0.4, 0.5) is 14.5 Å². The lowest BCUT2D eigenvalue weighted by atomic mass is 9.83. The van der Waals surface area contributed by atoms with Crippen molar-refractivity contribution in [2.75, 3.05) is 10.8 Å². The van der Waals surface area contributed by atoms with E-state index in [4.69, 9.17) is 4.42 Å². The van der Waals surface area contributed by atoms with Crippen molar-refractivity contribution in [3.05, 3.63) is 77.9 Å². The predicted molar refractivity (Wildman–Crippen MR) is 118 cm³/mol. The summed E-state index contributed by atoms with van der Waals surface area (Å²) < 4.78 is 60.1. The highest BCUT2D eigenvalue weighted by atomic mass is 32.2. The second kappa shape index (κ2) is 8.03. The summed E-state index contributed by atoms with van der Waals surface area (Å²) in [6.45, 7) is 3.06. The third kappa shape index (κ3) is 3.93. The molecule has 2 aromatic heterocycles. The summed E-state index contributed by atoms with van der Waals surface area (Å²) in [5.74, 6) is -0.491. The van der Waals surface area contributed by atoms with Gasteiger partial charge in [-0.2, -0.15) is 0 Å². The minimum atomic E-state index is -3.70. The molecule has 0 bridgehead atoms. The van der Waals surface area contributed by atoms with Crippen molar-refractivity contribution >= 4 is 15.7 Å². The Bertz CT molecular complexity index is 1330. The zero-order valence-corrected chi connectivity index (χ0v) is 18.7. The summed E-state index contributed by atoms with van der Waals surface area (Å²) in [6, 6.07) is 7.00. The van der Waals surface area contributed by atoms with E-state index in [9.17, 15) is 17.2 Å². The van der Waals surface area contributed by atoms with Gasteiger partial charge in [-0.25, -0.2) is 22.2 Å². The van der Waals surface area contributed by atoms with Gasteiger partial charge < -0.3 is 4.42 Å². The highest BCUT2D eigenvalue weighted by molar-refractivity contribution is 7.96. The number of aromatic nitrogens is 2. The van der Waals surface area contributed by atoms with Gasteiger partial charge in [-0.1, -0.05) is 6.07 Å². The lowest BCUT2D eigenvalue weighted by Gasteiger charge is -2.47. The largest absolute Gasteiger partial charge is 0.443 e. The van der Waals surface area contributed by atoms with E-state index in [0.29, 0.717) is 48.6 Å². The van der Waals surface area contributed by atoms with Crippen LogP contribution in [-0.4, -0.2) is 41.4 Å². The number of hydrogen-bond donors (Lipinski definition) is 0. The van der Waals surface area contributed by atoms with E-state index in [1.165, 1.54) is 46.6 Å². The molecule has 0 N–H and O–H groups in total. The van der Waals surface area contributed by atoms with Gasteiger partial charge in [-0.3, -0.25) is 14.2 Å². The molecule has 2 atom stereocenters. The Morgan fingerprint density at radius 1 is 1.21 bits per heavy atom. The Labute approximate surface area is 190 Å². The summed E-state index contributed by atoms with van der Waals surface area (Å²) in [7, 11) is -3.70. The highest BCUT2D eigenvalue weighted by Crippen LogP contribution is 2.43. The minimum absolute atomic E-state index is 0.0112. The summed E-state index contributed by atoms with van der Waals surface area (Å²) in [5, 5.41) is 1.22. The molecular weight excluding hydrogens is 450 g/mol. The topological polar surface area (TPSA) is 79.5 Å². The Morgan fingerprint density at radius 3 is 2.82 bits per heavy atom. The lowest BCUT2D eigenvalue weighted by Crippen LogP contribution is -2.56. The number of nitrogens with zero attached hydrogens (tertiary/aromatic N) is 4. The first-order chi connectivity index (χ1) is 15.8. The van der Waals surface area contributed by atoms with E-state index in [1.807, 2.05) is 6.92 Å². The maximum absolute atomic E-state index is 13.9. The zero-order valence-electron chi connectivity index (χ0n) is 17.9. The van der Waals surface area contributed by atoms with Gasteiger partial charge in [0, 0.05) is 36.3 Å². The van der Waals surface area contributed by atoms with Crippen LogP contribution in [0.3, 0.4) is 0 Å². The predicted octanol–water partition coefficient (Wildman–Crippen LogP) is 4.10. The molecule has 7 nitrogen and oxygen atoms in total. The fraction of sp³-hybridized carbons (Fsp3) is 0.304. The molecular formula is C23H22F2N4O3S. The van der Waals surface area contributed by atoms with Gasteiger partial charge in [-0.15, -0.1) is 0 Å². The van der Waals surface area contributed by atoms with E-state index < -0.39 is 27.2 Å². The number of likely N-dealkylation sites (tertiary alicyclic amines) is 1. The first-order valence-corrected chi connectivity index (χ1v) is 12.1. The average molecular weight is 473 g/mol. The number of hydrogen-bond acceptors (Lipinski definition) is 6. The van der Waals surface area contributed by atoms with Crippen molar-refractivity contribution in [2.45, 2.75) is 37.9 Å². The number of rotatable bonds is 4. The summed E-state index contributed by atoms with van der Waals surface area (Å²) in [4.78, 5) is 10.4. The van der Waals surface area contributed by atoms with Crippen LogP contribution in [0.1, 0.15) is 25.5 Å². The third-order valence-corrected chi connectivity index (χ3v) is 7.88. The summed E-state index contributed by atoms with van der Waals surface area (Å²) >= 11 is 0. The number of anilines is 1. The maximum atomic E-state index is 13.9. The second-order valence-corrected chi connectivity index (χ2v) is 10.2. The summed E-state index contributed by atoms with van der Waals surface area (Å²) in [5.41, 5.74) is 0.715. The van der Waals surface area contributed by atoms with Crippen molar-refractivity contribution in [1.29, 1.82) is 0 Å². The quantitative estimate of drug-likeness (QED) is 0.569. The normalized spacial score (nSPS) is 24.6. The molecule has 1 spiro atoms. The molecule has 0 radical (unpaired) electrons. The Morgan fingerprint density at radius 2 is 2.06 bits per heavy atom. The molecule has 1 fully saturated rings. The minimum Gasteiger partial charge on any atom is -0.443 e. The molecule has 0 saturated carbocycles. The van der Waals surface area contributed by atoms with Crippen LogP contribution < -0.4 is 4.31 Å². The first kappa shape index (κ1) is 21.7. The standard InChI is InChI=1S/C23H22F2N4O3S/c1-16-11-23(6-8-33(30,31)29(23)20-4-2-3-18(24)10-20)5-7-28(16)14-21-22(32-15-27-21)17-9-19(25)13-26-12-17/h2-4,6,8-10,12-13,15-16H,5,7,11,14H2,1H3/t16-,23-/m0/s1. The molecule has 0 amide bonds. The van der Waals surface area contributed by atoms with Gasteiger partial charge in [0.2, 0.25) is 0 Å². The molecule has 5 rings (SSSR count). The fourth-order valence-corrected chi connectivity index (χ4v) is 6.51. The van der Waals surface area contributed by atoms with Crippen LogP contribution >= 0.6 is 0 Å². The van der Waals surface area contributed by atoms with E-state index in [-0.39, 0.29) is 6.04 Å². The first-order valence-electron chi connectivity index (χ1n) is 10.5. The van der Waals surface area contributed by atoms with E-state index in [0.717, 1.165) is 6.20 Å². The SMILES string of the molecule is C[C@H]1C[C@@]2(C=CS(=O)(=O)N2c2cccc(F)c2)CCN1Cc1ncoc1-c1cncc(F)c1. The number of benzene rings is 1. The molecule has 2 aliphatic rings. The molecule has 2 aliphatic heterocycles. The lowest BCUT2D eigenvalue weighted by molar-refractivity contribution is 0.118. The zero-order chi connectivity index (χ0) is 23.2. The fourth-order valence-electron chi connectivity index (χ4n) is 4.82. The van der Waals surface area contributed by atoms with Crippen LogP contribution in [0.25, 0.3) is 11.3 Å². The molecule has 172 valence electrons. The van der Waals surface area contributed by atoms with Crippen LogP contribution in [0.15, 0.2) is 65.0 Å². The van der Waals surface area contributed by atoms with Crippen molar-refractivity contribution < 1.29 is 21.6 Å². The molecule has 1 saturated heterocycles. The van der Waals surface area contributed by atoms with E-state index >= 15 is 0 Å². The number of piperidine rings is 1. The van der Waals surface area contributed by atoms with Crippen molar-refractivity contribution in [3.8, 4) is 11.3 Å². The van der Waals surface area contributed by atoms with Gasteiger partial charge >= 0.3 is 0 Å². The van der Waals surface area contributed by atoms with Crippen LogP contribution in [0.2, 0.25) is 0 Å². The van der Waals surface area contributed by atoms with Crippen LogP contribution in [0, 0.1) is 11.6 Å². The third-order valence-electron chi connectivity index (χ3n) is 6.32. The molecule has 4 heterocycles. The van der Waals surface area contributed by atoms with Crippen molar-refractivity contribution in [3.63, 3.8) is 0 Å². The van der Waals surface area contributed by atoms with Crippen molar-refractivity contribution in [2.24, 2.45) is 0 Å². The molecule has 0 aliphatic carbocycles. The van der Waals surface area contributed by atoms with Gasteiger partial charge in [0.05, 0.1) is 17.4 Å². The monoisotopic (exact) mass is 472 g/mol. The van der Waals surface area contributed by atoms with E-state index in [2.05, 4.69) is 14.9 Å². The van der Waals surface area contributed by atoms with Gasteiger partial charge in [0.1, 0.15) is 17.3 Å². The number of oxazole rings is 1. The Balaban J connectivity index is 1.39. The maximum Gasteiger partial charge on any atom is 0.258 e. The average Bonchev–Trinajstić information content (AvgIpc) is 3.32. The second-order valence-electron chi connectivity index (χ2n) is 8.49. The highest BCUT2D eigenvalue weighted by Gasteiger charge is 2.49. The molecule has 0 unspecified atom stereocenters. The molecule has 3 aromatic rings. The Kier molecular flexibility index (Phi) is 5.29. The molecule has 1 aromatic carbocycles. The van der Waals surface area contributed by atoms with Crippen molar-refractivity contribution in [1.82, 2.24) is 14.9 Å². The van der Waals surface area contributed by atoms with E-state index in [1.54, 1.807) is 12.1 Å². The molecule has 33 heavy (non-hydrogen) atoms. The number of pyridine rings is 1.